The molecule has 1 atom stereocenters. The lowest BCUT2D eigenvalue weighted by molar-refractivity contribution is 0.166. The quantitative estimate of drug-likeness (QED) is 0.859. The van der Waals surface area contributed by atoms with Crippen molar-refractivity contribution in [2.75, 3.05) is 19.1 Å². The van der Waals surface area contributed by atoms with E-state index in [4.69, 9.17) is 4.74 Å². The van der Waals surface area contributed by atoms with Crippen molar-refractivity contribution in [1.29, 1.82) is 0 Å². The molecule has 0 aliphatic rings. The second-order valence-electron chi connectivity index (χ2n) is 4.18. The van der Waals surface area contributed by atoms with E-state index in [9.17, 15) is 17.9 Å². The van der Waals surface area contributed by atoms with Crippen molar-refractivity contribution >= 4 is 9.84 Å². The molecule has 1 aromatic rings. The first-order valence-corrected chi connectivity index (χ1v) is 7.59. The summed E-state index contributed by atoms with van der Waals surface area (Å²) < 4.78 is 39.9. The van der Waals surface area contributed by atoms with Crippen molar-refractivity contribution in [1.82, 2.24) is 0 Å². The maximum atomic E-state index is 13.2. The maximum Gasteiger partial charge on any atom is 0.165 e. The summed E-state index contributed by atoms with van der Waals surface area (Å²) >= 11 is 0. The number of hydrogen-bond donors (Lipinski definition) is 1. The van der Waals surface area contributed by atoms with Gasteiger partial charge in [-0.1, -0.05) is 6.07 Å². The van der Waals surface area contributed by atoms with Crippen LogP contribution in [0.25, 0.3) is 0 Å². The first-order chi connectivity index (χ1) is 8.33. The minimum atomic E-state index is -3.02. The summed E-state index contributed by atoms with van der Waals surface area (Å²) in [7, 11) is -1.67. The third-order valence-electron chi connectivity index (χ3n) is 2.55. The van der Waals surface area contributed by atoms with Crippen LogP contribution in [0.15, 0.2) is 18.2 Å². The topological polar surface area (TPSA) is 63.6 Å². The number of benzene rings is 1. The molecule has 0 aliphatic carbocycles. The van der Waals surface area contributed by atoms with E-state index in [0.717, 1.165) is 6.26 Å². The van der Waals surface area contributed by atoms with Crippen molar-refractivity contribution in [2.45, 2.75) is 18.9 Å². The number of aliphatic hydroxyl groups excluding tert-OH is 1. The van der Waals surface area contributed by atoms with Crippen LogP contribution in [0, 0.1) is 5.82 Å². The zero-order valence-electron chi connectivity index (χ0n) is 10.4. The molecule has 6 heteroatoms. The van der Waals surface area contributed by atoms with E-state index in [1.165, 1.54) is 25.3 Å². The van der Waals surface area contributed by atoms with E-state index < -0.39 is 21.8 Å². The minimum Gasteiger partial charge on any atom is -0.494 e. The molecule has 4 nitrogen and oxygen atoms in total. The van der Waals surface area contributed by atoms with E-state index in [1.807, 2.05) is 0 Å². The summed E-state index contributed by atoms with van der Waals surface area (Å²) in [4.78, 5) is 0. The Morgan fingerprint density at radius 2 is 2.11 bits per heavy atom. The number of methoxy groups -OCH3 is 1. The van der Waals surface area contributed by atoms with Crippen molar-refractivity contribution in [3.05, 3.63) is 29.6 Å². The maximum absolute atomic E-state index is 13.2. The fraction of sp³-hybridized carbons (Fsp3) is 0.500. The molecule has 1 aromatic carbocycles. The fourth-order valence-electron chi connectivity index (χ4n) is 1.59. The van der Waals surface area contributed by atoms with Crippen LogP contribution in [0.1, 0.15) is 24.5 Å². The second kappa shape index (κ2) is 6.15. The highest BCUT2D eigenvalue weighted by atomic mass is 32.2. The monoisotopic (exact) mass is 276 g/mol. The van der Waals surface area contributed by atoms with Crippen LogP contribution in [-0.4, -0.2) is 32.6 Å². The summed E-state index contributed by atoms with van der Waals surface area (Å²) in [6.45, 7) is 0. The lowest BCUT2D eigenvalue weighted by Gasteiger charge is -2.12. The van der Waals surface area contributed by atoms with Gasteiger partial charge in [-0.2, -0.15) is 0 Å². The molecule has 1 unspecified atom stereocenters. The molecule has 0 aromatic heterocycles. The summed E-state index contributed by atoms with van der Waals surface area (Å²) in [5.41, 5.74) is 0.516. The van der Waals surface area contributed by atoms with Gasteiger partial charge in [0.1, 0.15) is 9.84 Å². The number of sulfone groups is 1. The normalized spacial score (nSPS) is 13.3. The molecule has 1 N–H and O–H groups in total. The molecule has 0 bridgehead atoms. The number of aliphatic hydroxyl groups is 1. The third kappa shape index (κ3) is 4.62. The van der Waals surface area contributed by atoms with E-state index in [2.05, 4.69) is 0 Å². The Balaban J connectivity index is 2.64. The van der Waals surface area contributed by atoms with Crippen LogP contribution in [0.4, 0.5) is 4.39 Å². The van der Waals surface area contributed by atoms with Gasteiger partial charge in [0.15, 0.2) is 11.6 Å². The summed E-state index contributed by atoms with van der Waals surface area (Å²) in [6.07, 6.45) is 1.00. The van der Waals surface area contributed by atoms with Gasteiger partial charge in [0.05, 0.1) is 13.2 Å². The highest BCUT2D eigenvalue weighted by Crippen LogP contribution is 2.25. The Morgan fingerprint density at radius 1 is 1.44 bits per heavy atom. The highest BCUT2D eigenvalue weighted by Gasteiger charge is 2.12. The highest BCUT2D eigenvalue weighted by molar-refractivity contribution is 7.90. The summed E-state index contributed by atoms with van der Waals surface area (Å²) in [5.74, 6) is -0.401. The van der Waals surface area contributed by atoms with Crippen LogP contribution >= 0.6 is 0 Å². The minimum absolute atomic E-state index is 0.0301. The lowest BCUT2D eigenvalue weighted by atomic mass is 10.1. The van der Waals surface area contributed by atoms with E-state index in [-0.39, 0.29) is 11.5 Å². The predicted molar refractivity (Wildman–Crippen MR) is 66.9 cm³/mol. The van der Waals surface area contributed by atoms with Gasteiger partial charge in [0.25, 0.3) is 0 Å². The van der Waals surface area contributed by atoms with Crippen molar-refractivity contribution < 1.29 is 22.7 Å². The molecule has 0 saturated heterocycles. The van der Waals surface area contributed by atoms with Gasteiger partial charge in [-0.25, -0.2) is 12.8 Å². The van der Waals surface area contributed by atoms with E-state index in [1.54, 1.807) is 0 Å². The third-order valence-corrected chi connectivity index (χ3v) is 3.58. The smallest absolute Gasteiger partial charge is 0.165 e. The van der Waals surface area contributed by atoms with Gasteiger partial charge < -0.3 is 9.84 Å². The Labute approximate surface area is 106 Å². The molecule has 0 heterocycles. The second-order valence-corrected chi connectivity index (χ2v) is 6.44. The zero-order valence-corrected chi connectivity index (χ0v) is 11.2. The van der Waals surface area contributed by atoms with Gasteiger partial charge in [0.2, 0.25) is 0 Å². The Hall–Kier alpha value is -1.14. The first-order valence-electron chi connectivity index (χ1n) is 5.52. The van der Waals surface area contributed by atoms with Gasteiger partial charge in [-0.15, -0.1) is 0 Å². The Bertz CT molecular complexity index is 499. The molecular weight excluding hydrogens is 259 g/mol. The standard InChI is InChI=1S/C12H17FO4S/c1-17-12-8-9(5-6-10(12)13)11(14)4-3-7-18(2,15)16/h5-6,8,11,14H,3-4,7H2,1-2H3. The Morgan fingerprint density at radius 3 is 2.67 bits per heavy atom. The van der Waals surface area contributed by atoms with Crippen molar-refractivity contribution in [3.8, 4) is 5.75 Å². The van der Waals surface area contributed by atoms with Gasteiger partial charge >= 0.3 is 0 Å². The SMILES string of the molecule is COc1cc(C(O)CCCS(C)(=O)=O)ccc1F. The molecule has 102 valence electrons. The van der Waals surface area contributed by atoms with Crippen LogP contribution in [0.2, 0.25) is 0 Å². The molecule has 0 amide bonds. The van der Waals surface area contributed by atoms with Crippen LogP contribution in [0.5, 0.6) is 5.75 Å². The zero-order chi connectivity index (χ0) is 13.8. The van der Waals surface area contributed by atoms with Crippen LogP contribution < -0.4 is 4.74 Å². The molecule has 0 saturated carbocycles. The van der Waals surface area contributed by atoms with Crippen molar-refractivity contribution in [2.24, 2.45) is 0 Å². The molecule has 0 fully saturated rings. The molecule has 0 spiro atoms. The van der Waals surface area contributed by atoms with Crippen LogP contribution in [-0.2, 0) is 9.84 Å². The fourth-order valence-corrected chi connectivity index (χ4v) is 2.28. The van der Waals surface area contributed by atoms with Gasteiger partial charge in [-0.05, 0) is 30.5 Å². The van der Waals surface area contributed by atoms with Gasteiger partial charge in [0, 0.05) is 12.0 Å². The number of hydrogen-bond acceptors (Lipinski definition) is 4. The predicted octanol–water partition coefficient (Wildman–Crippen LogP) is 1.69. The first kappa shape index (κ1) is 14.9. The number of ether oxygens (including phenoxy) is 1. The summed E-state index contributed by atoms with van der Waals surface area (Å²) in [5, 5.41) is 9.86. The molecule has 1 rings (SSSR count). The number of rotatable bonds is 6. The lowest BCUT2D eigenvalue weighted by Crippen LogP contribution is -2.06. The molecular formula is C12H17FO4S. The molecule has 18 heavy (non-hydrogen) atoms. The van der Waals surface area contributed by atoms with Crippen molar-refractivity contribution in [3.63, 3.8) is 0 Å². The Kier molecular flexibility index (Phi) is 5.10. The molecule has 0 radical (unpaired) electrons. The average molecular weight is 276 g/mol. The van der Waals surface area contributed by atoms with Gasteiger partial charge in [-0.3, -0.25) is 0 Å². The van der Waals surface area contributed by atoms with E-state index >= 15 is 0 Å². The molecule has 0 aliphatic heterocycles. The number of halogens is 1. The van der Waals surface area contributed by atoms with E-state index in [0.29, 0.717) is 18.4 Å². The summed E-state index contributed by atoms with van der Waals surface area (Å²) in [6, 6.07) is 4.09. The average Bonchev–Trinajstić information content (AvgIpc) is 2.27. The largest absolute Gasteiger partial charge is 0.494 e. The van der Waals surface area contributed by atoms with Crippen LogP contribution in [0.3, 0.4) is 0 Å².